The number of amides is 2. The molecule has 1 atom stereocenters. The molecule has 2 aliphatic heterocycles. The molecule has 1 aromatic carbocycles. The molecule has 1 unspecified atom stereocenters. The maximum atomic E-state index is 13.5. The van der Waals surface area contributed by atoms with E-state index in [1.165, 1.54) is 5.56 Å². The number of nitrogens with zero attached hydrogens (tertiary/aromatic N) is 3. The van der Waals surface area contributed by atoms with Gasteiger partial charge >= 0.3 is 0 Å². The van der Waals surface area contributed by atoms with Gasteiger partial charge < -0.3 is 14.5 Å². The first-order valence-electron chi connectivity index (χ1n) is 10.0. The van der Waals surface area contributed by atoms with E-state index in [4.69, 9.17) is 4.74 Å². The highest BCUT2D eigenvalue weighted by Crippen LogP contribution is 2.28. The molecule has 1 spiro atoms. The highest BCUT2D eigenvalue weighted by Gasteiger charge is 2.47. The minimum atomic E-state index is -1.02. The Balaban J connectivity index is 1.49. The van der Waals surface area contributed by atoms with Crippen LogP contribution in [0.1, 0.15) is 22.5 Å². The molecule has 6 heteroatoms. The van der Waals surface area contributed by atoms with E-state index in [-0.39, 0.29) is 18.4 Å². The van der Waals surface area contributed by atoms with Crippen molar-refractivity contribution < 1.29 is 14.3 Å². The van der Waals surface area contributed by atoms with Crippen LogP contribution in [0.2, 0.25) is 0 Å². The largest absolute Gasteiger partial charge is 0.361 e. The maximum Gasteiger partial charge on any atom is 0.272 e. The second-order valence-corrected chi connectivity index (χ2v) is 7.45. The van der Waals surface area contributed by atoms with E-state index >= 15 is 0 Å². The lowest BCUT2D eigenvalue weighted by Gasteiger charge is -2.42. The van der Waals surface area contributed by atoms with Crippen LogP contribution in [0.15, 0.2) is 66.9 Å². The minimum Gasteiger partial charge on any atom is -0.361 e. The number of aromatic nitrogens is 1. The molecule has 3 heterocycles. The number of pyridine rings is 1. The Morgan fingerprint density at radius 3 is 2.72 bits per heavy atom. The van der Waals surface area contributed by atoms with Crippen LogP contribution in [0.25, 0.3) is 0 Å². The summed E-state index contributed by atoms with van der Waals surface area (Å²) in [6, 6.07) is 15.4. The Morgan fingerprint density at radius 1 is 1.10 bits per heavy atom. The van der Waals surface area contributed by atoms with Crippen LogP contribution in [0.3, 0.4) is 0 Å². The van der Waals surface area contributed by atoms with Gasteiger partial charge in [0.1, 0.15) is 5.69 Å². The van der Waals surface area contributed by atoms with Crippen molar-refractivity contribution in [1.82, 2.24) is 14.8 Å². The van der Waals surface area contributed by atoms with Crippen LogP contribution in [-0.4, -0.2) is 65.0 Å². The first-order valence-corrected chi connectivity index (χ1v) is 10.0. The van der Waals surface area contributed by atoms with E-state index in [0.717, 1.165) is 6.42 Å². The van der Waals surface area contributed by atoms with Crippen molar-refractivity contribution in [2.75, 3.05) is 32.8 Å². The zero-order valence-corrected chi connectivity index (χ0v) is 16.4. The van der Waals surface area contributed by atoms with Crippen molar-refractivity contribution in [3.8, 4) is 0 Å². The summed E-state index contributed by atoms with van der Waals surface area (Å²) < 4.78 is 6.04. The number of carbonyl (C=O) groups excluding carboxylic acids is 2. The summed E-state index contributed by atoms with van der Waals surface area (Å²) >= 11 is 0. The molecule has 6 nitrogen and oxygen atoms in total. The first kappa shape index (κ1) is 19.3. The van der Waals surface area contributed by atoms with Gasteiger partial charge in [0.15, 0.2) is 5.60 Å². The third kappa shape index (κ3) is 4.22. The van der Waals surface area contributed by atoms with Crippen molar-refractivity contribution in [2.45, 2.75) is 18.4 Å². The molecule has 2 amide bonds. The van der Waals surface area contributed by atoms with E-state index in [2.05, 4.69) is 17.1 Å². The number of morpholine rings is 1. The molecule has 2 aromatic rings. The molecule has 1 saturated heterocycles. The fourth-order valence-corrected chi connectivity index (χ4v) is 3.90. The number of ether oxygens (including phenoxy) is 1. The van der Waals surface area contributed by atoms with Crippen LogP contribution in [-0.2, 0) is 16.0 Å². The van der Waals surface area contributed by atoms with Crippen LogP contribution in [0.4, 0.5) is 0 Å². The first-order chi connectivity index (χ1) is 14.2. The van der Waals surface area contributed by atoms with Gasteiger partial charge in [-0.05, 0) is 24.1 Å². The highest BCUT2D eigenvalue weighted by atomic mass is 16.5. The van der Waals surface area contributed by atoms with Crippen LogP contribution >= 0.6 is 0 Å². The fraction of sp³-hybridized carbons (Fsp3) is 0.348. The molecule has 0 N–H and O–H groups in total. The Bertz CT molecular complexity index is 885. The second kappa shape index (κ2) is 8.57. The zero-order valence-electron chi connectivity index (χ0n) is 16.4. The normalized spacial score (nSPS) is 22.0. The number of hydrogen-bond acceptors (Lipinski definition) is 4. The number of carbonyl (C=O) groups is 2. The van der Waals surface area contributed by atoms with Gasteiger partial charge in [0.25, 0.3) is 11.8 Å². The monoisotopic (exact) mass is 391 g/mol. The predicted molar refractivity (Wildman–Crippen MR) is 109 cm³/mol. The Morgan fingerprint density at radius 2 is 1.93 bits per heavy atom. The number of benzene rings is 1. The molecule has 1 fully saturated rings. The van der Waals surface area contributed by atoms with Gasteiger partial charge in [0.2, 0.25) is 0 Å². The third-order valence-corrected chi connectivity index (χ3v) is 5.49. The molecule has 0 radical (unpaired) electrons. The summed E-state index contributed by atoms with van der Waals surface area (Å²) in [4.78, 5) is 34.0. The maximum absolute atomic E-state index is 13.5. The van der Waals surface area contributed by atoms with Crippen molar-refractivity contribution >= 4 is 11.8 Å². The molecule has 2 aliphatic rings. The lowest BCUT2D eigenvalue weighted by atomic mass is 9.95. The van der Waals surface area contributed by atoms with Gasteiger partial charge in [-0.1, -0.05) is 48.6 Å². The smallest absolute Gasteiger partial charge is 0.272 e. The standard InChI is InChI=1S/C23H25N3O3/c27-21(20-10-4-6-13-24-20)26-16-17-29-23(18-26)12-5-7-14-25(22(23)28)15-11-19-8-2-1-3-9-19/h1-10,13H,11-12,14-18H2. The van der Waals surface area contributed by atoms with Crippen molar-refractivity contribution in [3.05, 3.63) is 78.1 Å². The van der Waals surface area contributed by atoms with Crippen LogP contribution < -0.4 is 0 Å². The van der Waals surface area contributed by atoms with E-state index in [9.17, 15) is 9.59 Å². The lowest BCUT2D eigenvalue weighted by molar-refractivity contribution is -0.166. The highest BCUT2D eigenvalue weighted by molar-refractivity contribution is 5.94. The quantitative estimate of drug-likeness (QED) is 0.751. The molecular formula is C23H25N3O3. The fourth-order valence-electron chi connectivity index (χ4n) is 3.90. The number of rotatable bonds is 4. The molecule has 150 valence electrons. The lowest BCUT2D eigenvalue weighted by Crippen LogP contribution is -2.61. The van der Waals surface area contributed by atoms with Crippen molar-refractivity contribution in [3.63, 3.8) is 0 Å². The zero-order chi connectivity index (χ0) is 20.1. The molecule has 0 saturated carbocycles. The average Bonchev–Trinajstić information content (AvgIpc) is 2.92. The summed E-state index contributed by atoms with van der Waals surface area (Å²) in [6.45, 7) is 2.22. The summed E-state index contributed by atoms with van der Waals surface area (Å²) in [5, 5.41) is 0. The average molecular weight is 391 g/mol. The molecule has 0 aliphatic carbocycles. The van der Waals surface area contributed by atoms with Gasteiger partial charge in [-0.3, -0.25) is 14.6 Å². The van der Waals surface area contributed by atoms with E-state index < -0.39 is 5.60 Å². The predicted octanol–water partition coefficient (Wildman–Crippen LogP) is 2.32. The van der Waals surface area contributed by atoms with Gasteiger partial charge in [-0.25, -0.2) is 0 Å². The SMILES string of the molecule is O=C(c1ccccn1)N1CCOC2(CC=CCN(CCc3ccccc3)C2=O)C1. The second-order valence-electron chi connectivity index (χ2n) is 7.45. The van der Waals surface area contributed by atoms with Gasteiger partial charge in [0, 0.05) is 32.3 Å². The Kier molecular flexibility index (Phi) is 5.71. The van der Waals surface area contributed by atoms with E-state index in [1.54, 1.807) is 29.3 Å². The van der Waals surface area contributed by atoms with Crippen molar-refractivity contribution in [1.29, 1.82) is 0 Å². The third-order valence-electron chi connectivity index (χ3n) is 5.49. The van der Waals surface area contributed by atoms with Crippen molar-refractivity contribution in [2.24, 2.45) is 0 Å². The van der Waals surface area contributed by atoms with Crippen LogP contribution in [0, 0.1) is 0 Å². The number of hydrogen-bond donors (Lipinski definition) is 0. The minimum absolute atomic E-state index is 0.0445. The molecule has 4 rings (SSSR count). The summed E-state index contributed by atoms with van der Waals surface area (Å²) in [5.41, 5.74) is 0.563. The Labute approximate surface area is 170 Å². The van der Waals surface area contributed by atoms with Gasteiger partial charge in [0.05, 0.1) is 13.2 Å². The summed E-state index contributed by atoms with van der Waals surface area (Å²) in [5.74, 6) is -0.206. The molecule has 1 aromatic heterocycles. The molecule has 0 bridgehead atoms. The Hall–Kier alpha value is -2.99. The molecule has 29 heavy (non-hydrogen) atoms. The van der Waals surface area contributed by atoms with Crippen LogP contribution in [0.5, 0.6) is 0 Å². The summed E-state index contributed by atoms with van der Waals surface area (Å²) in [7, 11) is 0. The van der Waals surface area contributed by atoms with E-state index in [1.807, 2.05) is 35.3 Å². The molecular weight excluding hydrogens is 366 g/mol. The van der Waals surface area contributed by atoms with E-state index in [0.29, 0.717) is 38.4 Å². The topological polar surface area (TPSA) is 62.7 Å². The van der Waals surface area contributed by atoms with Gasteiger partial charge in [-0.2, -0.15) is 0 Å². The van der Waals surface area contributed by atoms with Gasteiger partial charge in [-0.15, -0.1) is 0 Å². The summed E-state index contributed by atoms with van der Waals surface area (Å²) in [6.07, 6.45) is 6.87.